The van der Waals surface area contributed by atoms with Gasteiger partial charge in [0.1, 0.15) is 12.4 Å². The predicted molar refractivity (Wildman–Crippen MR) is 126 cm³/mol. The zero-order valence-electron chi connectivity index (χ0n) is 18.8. The Balaban J connectivity index is 1.16. The molecule has 2 heterocycles. The number of carbonyl (C=O) groups excluding carboxylic acids is 3. The van der Waals surface area contributed by atoms with Gasteiger partial charge in [-0.3, -0.25) is 24.2 Å². The number of rotatable bonds is 8. The Kier molecular flexibility index (Phi) is 7.30. The van der Waals surface area contributed by atoms with E-state index in [4.69, 9.17) is 16.3 Å². The van der Waals surface area contributed by atoms with Crippen LogP contribution in [0.15, 0.2) is 42.5 Å². The molecule has 33 heavy (non-hydrogen) atoms. The molecule has 8 heteroatoms. The van der Waals surface area contributed by atoms with Gasteiger partial charge < -0.3 is 9.64 Å². The lowest BCUT2D eigenvalue weighted by Crippen LogP contribution is -2.49. The normalized spacial score (nSPS) is 16.3. The van der Waals surface area contributed by atoms with Crippen LogP contribution in [0.2, 0.25) is 5.02 Å². The number of halogens is 1. The molecule has 0 bridgehead atoms. The van der Waals surface area contributed by atoms with Crippen molar-refractivity contribution in [3.63, 3.8) is 0 Å². The van der Waals surface area contributed by atoms with Crippen molar-refractivity contribution in [3.8, 4) is 5.75 Å². The van der Waals surface area contributed by atoms with Crippen molar-refractivity contribution in [3.05, 3.63) is 64.2 Å². The number of fused-ring (bicyclic) bond motifs is 1. The summed E-state index contributed by atoms with van der Waals surface area (Å²) in [5.41, 5.74) is 1.86. The molecule has 3 amide bonds. The van der Waals surface area contributed by atoms with E-state index in [1.807, 2.05) is 36.1 Å². The Morgan fingerprint density at radius 3 is 2.45 bits per heavy atom. The van der Waals surface area contributed by atoms with Crippen LogP contribution < -0.4 is 4.74 Å². The number of ether oxygens (including phenoxy) is 1. The van der Waals surface area contributed by atoms with Crippen molar-refractivity contribution in [1.82, 2.24) is 14.7 Å². The SMILES string of the molecule is Cc1ccc2c(c1)C(=O)N(CCCC(=O)N1CCN(CCOc3ccccc3Cl)CC1)C2=O. The van der Waals surface area contributed by atoms with Crippen LogP contribution in [-0.4, -0.2) is 78.3 Å². The Bertz CT molecular complexity index is 1050. The number of aryl methyl sites for hydroxylation is 1. The second-order valence-electron chi connectivity index (χ2n) is 8.42. The summed E-state index contributed by atoms with van der Waals surface area (Å²) < 4.78 is 5.75. The predicted octanol–water partition coefficient (Wildman–Crippen LogP) is 3.25. The van der Waals surface area contributed by atoms with Crippen LogP contribution in [0, 0.1) is 6.92 Å². The summed E-state index contributed by atoms with van der Waals surface area (Å²) in [5, 5.41) is 0.601. The number of para-hydroxylation sites is 1. The first-order chi connectivity index (χ1) is 15.9. The van der Waals surface area contributed by atoms with E-state index in [0.29, 0.717) is 54.4 Å². The molecular formula is C25H28ClN3O4. The first kappa shape index (κ1) is 23.3. The fourth-order valence-corrected chi connectivity index (χ4v) is 4.41. The summed E-state index contributed by atoms with van der Waals surface area (Å²) in [4.78, 5) is 43.1. The van der Waals surface area contributed by atoms with Gasteiger partial charge in [0.25, 0.3) is 11.8 Å². The number of hydrogen-bond acceptors (Lipinski definition) is 5. The lowest BCUT2D eigenvalue weighted by Gasteiger charge is -2.34. The Morgan fingerprint density at radius 1 is 0.970 bits per heavy atom. The van der Waals surface area contributed by atoms with E-state index in [1.54, 1.807) is 18.2 Å². The number of nitrogens with zero attached hydrogens (tertiary/aromatic N) is 3. The maximum atomic E-state index is 12.6. The van der Waals surface area contributed by atoms with Crippen molar-refractivity contribution in [2.45, 2.75) is 19.8 Å². The molecule has 2 aromatic carbocycles. The third kappa shape index (κ3) is 5.37. The van der Waals surface area contributed by atoms with Crippen LogP contribution in [0.3, 0.4) is 0 Å². The lowest BCUT2D eigenvalue weighted by molar-refractivity contribution is -0.133. The Morgan fingerprint density at radius 2 is 1.70 bits per heavy atom. The first-order valence-electron chi connectivity index (χ1n) is 11.3. The first-order valence-corrected chi connectivity index (χ1v) is 11.7. The van der Waals surface area contributed by atoms with Crippen molar-refractivity contribution in [1.29, 1.82) is 0 Å². The minimum absolute atomic E-state index is 0.0643. The van der Waals surface area contributed by atoms with Crippen LogP contribution in [-0.2, 0) is 4.79 Å². The fraction of sp³-hybridized carbons (Fsp3) is 0.400. The summed E-state index contributed by atoms with van der Waals surface area (Å²) >= 11 is 6.11. The van der Waals surface area contributed by atoms with Gasteiger partial charge in [0, 0.05) is 45.7 Å². The number of amides is 3. The molecule has 0 aliphatic carbocycles. The highest BCUT2D eigenvalue weighted by Gasteiger charge is 2.35. The van der Waals surface area contributed by atoms with E-state index in [9.17, 15) is 14.4 Å². The van der Waals surface area contributed by atoms with Crippen LogP contribution in [0.1, 0.15) is 39.1 Å². The molecular weight excluding hydrogens is 442 g/mol. The minimum Gasteiger partial charge on any atom is -0.491 e. The standard InChI is InChI=1S/C25H28ClN3O4/c1-18-8-9-19-20(17-18)25(32)29(24(19)31)10-4-7-23(30)28-13-11-27(12-14-28)15-16-33-22-6-3-2-5-21(22)26/h2-3,5-6,8-9,17H,4,7,10-16H2,1H3. The molecule has 2 aliphatic rings. The lowest BCUT2D eigenvalue weighted by atomic mass is 10.1. The van der Waals surface area contributed by atoms with E-state index in [1.165, 1.54) is 4.90 Å². The van der Waals surface area contributed by atoms with E-state index < -0.39 is 0 Å². The fourth-order valence-electron chi connectivity index (χ4n) is 4.22. The second kappa shape index (κ2) is 10.4. The van der Waals surface area contributed by atoms with Gasteiger partial charge >= 0.3 is 0 Å². The number of benzene rings is 2. The average molecular weight is 470 g/mol. The van der Waals surface area contributed by atoms with Crippen LogP contribution >= 0.6 is 11.6 Å². The summed E-state index contributed by atoms with van der Waals surface area (Å²) in [6.07, 6.45) is 0.789. The van der Waals surface area contributed by atoms with Crippen LogP contribution in [0.5, 0.6) is 5.75 Å². The highest BCUT2D eigenvalue weighted by atomic mass is 35.5. The molecule has 7 nitrogen and oxygen atoms in total. The summed E-state index contributed by atoms with van der Waals surface area (Å²) in [5.74, 6) is 0.212. The van der Waals surface area contributed by atoms with Gasteiger partial charge in [-0.25, -0.2) is 0 Å². The van der Waals surface area contributed by atoms with Gasteiger partial charge in [-0.2, -0.15) is 0 Å². The number of hydrogen-bond donors (Lipinski definition) is 0. The van der Waals surface area contributed by atoms with Gasteiger partial charge in [0.15, 0.2) is 0 Å². The zero-order chi connectivity index (χ0) is 23.4. The van der Waals surface area contributed by atoms with Crippen molar-refractivity contribution in [2.24, 2.45) is 0 Å². The highest BCUT2D eigenvalue weighted by molar-refractivity contribution is 6.32. The minimum atomic E-state index is -0.268. The monoisotopic (exact) mass is 469 g/mol. The van der Waals surface area contributed by atoms with E-state index in [0.717, 1.165) is 25.2 Å². The third-order valence-electron chi connectivity index (χ3n) is 6.13. The molecule has 2 aliphatic heterocycles. The Hall–Kier alpha value is -2.90. The molecule has 0 unspecified atom stereocenters. The molecule has 0 spiro atoms. The van der Waals surface area contributed by atoms with Gasteiger partial charge in [0.05, 0.1) is 16.1 Å². The number of carbonyl (C=O) groups is 3. The number of imide groups is 1. The van der Waals surface area contributed by atoms with Gasteiger partial charge in [-0.15, -0.1) is 0 Å². The highest BCUT2D eigenvalue weighted by Crippen LogP contribution is 2.25. The number of piperazine rings is 1. The molecule has 4 rings (SSSR count). The van der Waals surface area contributed by atoms with Gasteiger partial charge in [-0.05, 0) is 37.6 Å². The smallest absolute Gasteiger partial charge is 0.261 e. The topological polar surface area (TPSA) is 70.2 Å². The maximum Gasteiger partial charge on any atom is 0.261 e. The molecule has 1 saturated heterocycles. The van der Waals surface area contributed by atoms with Gasteiger partial charge in [-0.1, -0.05) is 35.4 Å². The second-order valence-corrected chi connectivity index (χ2v) is 8.82. The Labute approximate surface area is 198 Å². The molecule has 2 aromatic rings. The van der Waals surface area contributed by atoms with Crippen LogP contribution in [0.25, 0.3) is 0 Å². The molecule has 1 fully saturated rings. The van der Waals surface area contributed by atoms with E-state index in [2.05, 4.69) is 4.90 Å². The van der Waals surface area contributed by atoms with Crippen molar-refractivity contribution in [2.75, 3.05) is 45.9 Å². The van der Waals surface area contributed by atoms with Crippen molar-refractivity contribution < 1.29 is 19.1 Å². The largest absolute Gasteiger partial charge is 0.491 e. The molecule has 0 atom stereocenters. The van der Waals surface area contributed by atoms with Crippen LogP contribution in [0.4, 0.5) is 0 Å². The van der Waals surface area contributed by atoms with E-state index >= 15 is 0 Å². The van der Waals surface area contributed by atoms with E-state index in [-0.39, 0.29) is 24.3 Å². The third-order valence-corrected chi connectivity index (χ3v) is 6.44. The maximum absolute atomic E-state index is 12.6. The summed E-state index contributed by atoms with van der Waals surface area (Å²) in [6, 6.07) is 12.7. The molecule has 174 valence electrons. The molecule has 0 N–H and O–H groups in total. The average Bonchev–Trinajstić information content (AvgIpc) is 3.05. The molecule has 0 radical (unpaired) electrons. The summed E-state index contributed by atoms with van der Waals surface area (Å²) in [6.45, 7) is 6.37. The molecule has 0 saturated carbocycles. The zero-order valence-corrected chi connectivity index (χ0v) is 19.5. The molecule has 0 aromatic heterocycles. The van der Waals surface area contributed by atoms with Gasteiger partial charge in [0.2, 0.25) is 5.91 Å². The quantitative estimate of drug-likeness (QED) is 0.555. The summed E-state index contributed by atoms with van der Waals surface area (Å²) in [7, 11) is 0. The van der Waals surface area contributed by atoms with Crippen molar-refractivity contribution >= 4 is 29.3 Å².